The molecule has 41 heavy (non-hydrogen) atoms. The Labute approximate surface area is 255 Å². The second-order valence-electron chi connectivity index (χ2n) is 10.5. The Balaban J connectivity index is 0.000000584. The summed E-state index contributed by atoms with van der Waals surface area (Å²) in [6.45, 7) is 14.2. The molecule has 0 bridgehead atoms. The molecule has 1 aliphatic heterocycles. The van der Waals surface area contributed by atoms with E-state index in [9.17, 15) is 8.42 Å². The van der Waals surface area contributed by atoms with Crippen LogP contribution in [0.5, 0.6) is 0 Å². The standard InChI is InChI=1S/C23H37N3O2S.C9H9N.CH4S/c1-6-19(2)15-24-16-21(4)17-25-11-12-26(22-9-7-8-20(3)14-22)18-23(25)10-13-29(5,27)28;1-2-8-3-5-9(7-10)6-4-8;1-2/h7-9,14-16,23-24H,6,10-13,17-18H2,1-5H3;3-6H,2H2,1H3;2H,1H3/b19-15+,21-16+;;/t23-;;/m0../s1. The molecule has 0 amide bonds. The molecule has 0 radical (unpaired) electrons. The Morgan fingerprint density at radius 2 is 1.73 bits per heavy atom. The van der Waals surface area contributed by atoms with Gasteiger partial charge in [-0.05, 0) is 93.5 Å². The molecule has 0 unspecified atom stereocenters. The summed E-state index contributed by atoms with van der Waals surface area (Å²) in [6.07, 6.45) is 9.85. The smallest absolute Gasteiger partial charge is 0.147 e. The van der Waals surface area contributed by atoms with Crippen LogP contribution in [0.1, 0.15) is 57.2 Å². The molecule has 8 heteroatoms. The predicted octanol–water partition coefficient (Wildman–Crippen LogP) is 6.39. The highest BCUT2D eigenvalue weighted by molar-refractivity contribution is 7.90. The Hall–Kier alpha value is -2.73. The molecule has 1 atom stereocenters. The molecule has 1 heterocycles. The monoisotopic (exact) mass is 598 g/mol. The van der Waals surface area contributed by atoms with Crippen molar-refractivity contribution < 1.29 is 8.42 Å². The van der Waals surface area contributed by atoms with E-state index in [-0.39, 0.29) is 11.8 Å². The Morgan fingerprint density at radius 1 is 1.07 bits per heavy atom. The third kappa shape index (κ3) is 14.6. The molecule has 2 aromatic carbocycles. The largest absolute Gasteiger partial charge is 0.369 e. The Kier molecular flexibility index (Phi) is 17.2. The third-order valence-corrected chi connectivity index (χ3v) is 7.93. The summed E-state index contributed by atoms with van der Waals surface area (Å²) < 4.78 is 23.5. The number of nitrogens with one attached hydrogen (secondary N) is 1. The maximum atomic E-state index is 11.8. The van der Waals surface area contributed by atoms with Crippen LogP contribution in [0.3, 0.4) is 0 Å². The fourth-order valence-corrected chi connectivity index (χ4v) is 5.09. The van der Waals surface area contributed by atoms with Crippen LogP contribution in [0, 0.1) is 18.3 Å². The van der Waals surface area contributed by atoms with Crippen LogP contribution in [0.25, 0.3) is 0 Å². The molecular formula is C33H50N4O2S2. The second kappa shape index (κ2) is 19.4. The van der Waals surface area contributed by atoms with E-state index in [2.05, 4.69) is 98.9 Å². The molecule has 2 aromatic rings. The first-order valence-electron chi connectivity index (χ1n) is 14.3. The minimum atomic E-state index is -2.97. The van der Waals surface area contributed by atoms with Gasteiger partial charge in [-0.1, -0.05) is 43.7 Å². The van der Waals surface area contributed by atoms with E-state index in [0.29, 0.717) is 6.42 Å². The zero-order valence-electron chi connectivity index (χ0n) is 26.0. The van der Waals surface area contributed by atoms with Gasteiger partial charge in [0.05, 0.1) is 17.4 Å². The number of piperazine rings is 1. The zero-order chi connectivity index (χ0) is 30.8. The van der Waals surface area contributed by atoms with Crippen LogP contribution < -0.4 is 10.2 Å². The number of anilines is 1. The Bertz CT molecular complexity index is 1250. The maximum absolute atomic E-state index is 11.8. The number of hydrogen-bond donors (Lipinski definition) is 2. The van der Waals surface area contributed by atoms with E-state index >= 15 is 0 Å². The minimum Gasteiger partial charge on any atom is -0.369 e. The van der Waals surface area contributed by atoms with Gasteiger partial charge in [-0.2, -0.15) is 17.9 Å². The molecule has 1 aliphatic rings. The molecule has 226 valence electrons. The fraction of sp³-hybridized carbons (Fsp3) is 0.485. The first kappa shape index (κ1) is 36.3. The summed E-state index contributed by atoms with van der Waals surface area (Å²) in [4.78, 5) is 4.82. The second-order valence-corrected chi connectivity index (χ2v) is 12.8. The fourth-order valence-electron chi connectivity index (χ4n) is 4.39. The number of aryl methyl sites for hydroxylation is 2. The first-order valence-corrected chi connectivity index (χ1v) is 17.2. The summed E-state index contributed by atoms with van der Waals surface area (Å²) >= 11 is 3.53. The SMILES string of the molecule is CC/C(C)=C/N/C=C(\C)CN1CCN(c2cccc(C)c2)C[C@@H]1CCS(C)(=O)=O.CCc1ccc(C#N)cc1.CS. The molecule has 3 rings (SSSR count). The average Bonchev–Trinajstić information content (AvgIpc) is 2.97. The number of thiol groups is 1. The van der Waals surface area contributed by atoms with Gasteiger partial charge < -0.3 is 10.2 Å². The predicted molar refractivity (Wildman–Crippen MR) is 179 cm³/mol. The molecule has 1 fully saturated rings. The summed E-state index contributed by atoms with van der Waals surface area (Å²) in [7, 11) is -2.97. The summed E-state index contributed by atoms with van der Waals surface area (Å²) in [5.74, 6) is 0.231. The van der Waals surface area contributed by atoms with Gasteiger partial charge in [-0.25, -0.2) is 8.42 Å². The highest BCUT2D eigenvalue weighted by Gasteiger charge is 2.28. The quantitative estimate of drug-likeness (QED) is 0.309. The lowest BCUT2D eigenvalue weighted by molar-refractivity contribution is 0.187. The van der Waals surface area contributed by atoms with Crippen LogP contribution in [-0.4, -0.2) is 63.8 Å². The number of nitriles is 1. The van der Waals surface area contributed by atoms with Crippen LogP contribution in [0.4, 0.5) is 5.69 Å². The van der Waals surface area contributed by atoms with Crippen LogP contribution in [0.2, 0.25) is 0 Å². The van der Waals surface area contributed by atoms with Crippen molar-refractivity contribution in [3.05, 3.63) is 88.8 Å². The van der Waals surface area contributed by atoms with E-state index in [4.69, 9.17) is 5.26 Å². The molecule has 0 spiro atoms. The summed E-state index contributed by atoms with van der Waals surface area (Å²) in [5, 5.41) is 11.7. The van der Waals surface area contributed by atoms with E-state index in [1.54, 1.807) is 6.26 Å². The van der Waals surface area contributed by atoms with Crippen LogP contribution in [-0.2, 0) is 16.3 Å². The van der Waals surface area contributed by atoms with Crippen molar-refractivity contribution in [1.29, 1.82) is 5.26 Å². The zero-order valence-corrected chi connectivity index (χ0v) is 27.7. The molecule has 0 aromatic heterocycles. The average molecular weight is 599 g/mol. The highest BCUT2D eigenvalue weighted by atomic mass is 32.2. The summed E-state index contributed by atoms with van der Waals surface area (Å²) in [6, 6.07) is 18.5. The van der Waals surface area contributed by atoms with Gasteiger partial charge in [-0.15, -0.1) is 0 Å². The van der Waals surface area contributed by atoms with Crippen molar-refractivity contribution in [2.45, 2.75) is 59.9 Å². The van der Waals surface area contributed by atoms with E-state index in [0.717, 1.165) is 44.6 Å². The van der Waals surface area contributed by atoms with Gasteiger partial charge in [0.15, 0.2) is 0 Å². The van der Waals surface area contributed by atoms with Crippen LogP contribution >= 0.6 is 12.6 Å². The number of sulfone groups is 1. The van der Waals surface area contributed by atoms with Gasteiger partial charge in [-0.3, -0.25) is 4.90 Å². The number of nitrogens with zero attached hydrogens (tertiary/aromatic N) is 3. The van der Waals surface area contributed by atoms with Gasteiger partial charge in [0.2, 0.25) is 0 Å². The molecule has 0 saturated carbocycles. The maximum Gasteiger partial charge on any atom is 0.147 e. The highest BCUT2D eigenvalue weighted by Crippen LogP contribution is 2.22. The number of allylic oxidation sites excluding steroid dienone is 1. The van der Waals surface area contributed by atoms with E-state index in [1.807, 2.05) is 30.5 Å². The lowest BCUT2D eigenvalue weighted by atomic mass is 10.1. The van der Waals surface area contributed by atoms with Crippen molar-refractivity contribution in [1.82, 2.24) is 10.2 Å². The topological polar surface area (TPSA) is 76.4 Å². The first-order chi connectivity index (χ1) is 19.5. The van der Waals surface area contributed by atoms with Crippen molar-refractivity contribution in [3.8, 4) is 6.07 Å². The lowest BCUT2D eigenvalue weighted by Gasteiger charge is -2.43. The molecule has 1 N–H and O–H groups in total. The lowest BCUT2D eigenvalue weighted by Crippen LogP contribution is -2.54. The minimum absolute atomic E-state index is 0.218. The number of benzene rings is 2. The Morgan fingerprint density at radius 3 is 2.29 bits per heavy atom. The van der Waals surface area contributed by atoms with E-state index in [1.165, 1.54) is 34.2 Å². The third-order valence-electron chi connectivity index (χ3n) is 6.95. The van der Waals surface area contributed by atoms with Gasteiger partial charge in [0, 0.05) is 50.4 Å². The van der Waals surface area contributed by atoms with Crippen molar-refractivity contribution >= 4 is 28.2 Å². The van der Waals surface area contributed by atoms with Crippen molar-refractivity contribution in [2.75, 3.05) is 49.3 Å². The molecule has 0 aliphatic carbocycles. The number of hydrogen-bond acceptors (Lipinski definition) is 7. The number of rotatable bonds is 10. The van der Waals surface area contributed by atoms with E-state index < -0.39 is 9.84 Å². The summed E-state index contributed by atoms with van der Waals surface area (Å²) in [5.41, 5.74) is 7.04. The van der Waals surface area contributed by atoms with Crippen molar-refractivity contribution in [3.63, 3.8) is 0 Å². The van der Waals surface area contributed by atoms with Gasteiger partial charge in [0.1, 0.15) is 9.84 Å². The molecule has 6 nitrogen and oxygen atoms in total. The van der Waals surface area contributed by atoms with Crippen LogP contribution in [0.15, 0.2) is 72.1 Å². The van der Waals surface area contributed by atoms with Gasteiger partial charge >= 0.3 is 0 Å². The molecular weight excluding hydrogens is 549 g/mol. The molecule has 1 saturated heterocycles. The van der Waals surface area contributed by atoms with Crippen molar-refractivity contribution in [2.24, 2.45) is 0 Å². The van der Waals surface area contributed by atoms with Gasteiger partial charge in [0.25, 0.3) is 0 Å². The normalized spacial score (nSPS) is 16.1.